The zero-order valence-corrected chi connectivity index (χ0v) is 10.9. The van der Waals surface area contributed by atoms with Crippen LogP contribution in [0, 0.1) is 0 Å². The highest BCUT2D eigenvalue weighted by atomic mass is 16.4. The Morgan fingerprint density at radius 2 is 2.20 bits per heavy atom. The number of aryl methyl sites for hydroxylation is 1. The number of nitrogens with zero attached hydrogens (tertiary/aromatic N) is 3. The molecular formula is C13H15N5O2. The van der Waals surface area contributed by atoms with Gasteiger partial charge in [-0.1, -0.05) is 17.3 Å². The Morgan fingerprint density at radius 3 is 2.85 bits per heavy atom. The number of amides is 1. The predicted molar refractivity (Wildman–Crippen MR) is 73.3 cm³/mol. The van der Waals surface area contributed by atoms with Crippen LogP contribution in [0.4, 0.5) is 0 Å². The first kappa shape index (κ1) is 13.6. The van der Waals surface area contributed by atoms with Gasteiger partial charge in [0, 0.05) is 24.4 Å². The lowest BCUT2D eigenvalue weighted by atomic mass is 10.1. The van der Waals surface area contributed by atoms with Gasteiger partial charge < -0.3 is 16.3 Å². The van der Waals surface area contributed by atoms with Crippen LogP contribution in [-0.4, -0.2) is 26.7 Å². The Morgan fingerprint density at radius 1 is 1.45 bits per heavy atom. The summed E-state index contributed by atoms with van der Waals surface area (Å²) in [5.74, 6) is -0.285. The lowest BCUT2D eigenvalue weighted by molar-refractivity contribution is 0.0950. The molecule has 20 heavy (non-hydrogen) atoms. The predicted octanol–water partition coefficient (Wildman–Crippen LogP) is 0.445. The molecule has 0 saturated carbocycles. The quantitative estimate of drug-likeness (QED) is 0.325. The molecule has 0 aliphatic heterocycles. The average molecular weight is 273 g/mol. The van der Waals surface area contributed by atoms with E-state index < -0.39 is 0 Å². The number of carbonyl (C=O) groups excluding carboxylic acids is 1. The highest BCUT2D eigenvalue weighted by Crippen LogP contribution is 2.05. The monoisotopic (exact) mass is 273 g/mol. The van der Waals surface area contributed by atoms with Crippen LogP contribution in [0.5, 0.6) is 0 Å². The van der Waals surface area contributed by atoms with Gasteiger partial charge in [0.05, 0.1) is 12.2 Å². The van der Waals surface area contributed by atoms with Crippen molar-refractivity contribution in [2.75, 3.05) is 0 Å². The largest absolute Gasteiger partial charge is 0.409 e. The van der Waals surface area contributed by atoms with Crippen LogP contribution in [0.15, 0.2) is 41.7 Å². The molecule has 0 aliphatic rings. The van der Waals surface area contributed by atoms with E-state index in [1.54, 1.807) is 35.1 Å². The molecule has 0 bridgehead atoms. The van der Waals surface area contributed by atoms with E-state index in [9.17, 15) is 4.79 Å². The van der Waals surface area contributed by atoms with Crippen molar-refractivity contribution in [3.63, 3.8) is 0 Å². The van der Waals surface area contributed by atoms with Gasteiger partial charge in [-0.25, -0.2) is 0 Å². The molecule has 1 aromatic carbocycles. The Kier molecular flexibility index (Phi) is 3.99. The van der Waals surface area contributed by atoms with Gasteiger partial charge in [-0.2, -0.15) is 5.10 Å². The molecule has 104 valence electrons. The standard InChI is InChI=1S/C13H15N5O2/c1-18-6-5-11(16-18)8-15-13(19)10-4-2-3-9(7-10)12(14)17-20/h2-7,20H,8H2,1H3,(H2,14,17)(H,15,19). The van der Waals surface area contributed by atoms with Crippen molar-refractivity contribution in [2.45, 2.75) is 6.54 Å². The summed E-state index contributed by atoms with van der Waals surface area (Å²) in [5.41, 5.74) is 7.18. The van der Waals surface area contributed by atoms with E-state index in [-0.39, 0.29) is 11.7 Å². The van der Waals surface area contributed by atoms with Crippen LogP contribution in [-0.2, 0) is 13.6 Å². The van der Waals surface area contributed by atoms with Gasteiger partial charge in [0.15, 0.2) is 5.84 Å². The van der Waals surface area contributed by atoms with E-state index in [1.165, 1.54) is 0 Å². The molecule has 4 N–H and O–H groups in total. The van der Waals surface area contributed by atoms with E-state index in [1.807, 2.05) is 13.1 Å². The first-order valence-corrected chi connectivity index (χ1v) is 5.95. The lowest BCUT2D eigenvalue weighted by Crippen LogP contribution is -2.23. The van der Waals surface area contributed by atoms with E-state index >= 15 is 0 Å². The summed E-state index contributed by atoms with van der Waals surface area (Å²) in [6, 6.07) is 8.37. The number of hydrogen-bond acceptors (Lipinski definition) is 4. The maximum atomic E-state index is 12.0. The van der Waals surface area contributed by atoms with Gasteiger partial charge in [0.2, 0.25) is 0 Å². The highest BCUT2D eigenvalue weighted by molar-refractivity contribution is 6.01. The molecule has 0 aliphatic carbocycles. The Bertz CT molecular complexity index is 648. The second kappa shape index (κ2) is 5.87. The molecule has 1 aromatic heterocycles. The number of aromatic nitrogens is 2. The van der Waals surface area contributed by atoms with E-state index in [0.29, 0.717) is 17.7 Å². The Labute approximate surface area is 115 Å². The molecule has 1 heterocycles. The number of carbonyl (C=O) groups is 1. The second-order valence-corrected chi connectivity index (χ2v) is 4.23. The van der Waals surface area contributed by atoms with Crippen molar-refractivity contribution < 1.29 is 10.0 Å². The number of rotatable bonds is 4. The van der Waals surface area contributed by atoms with E-state index in [4.69, 9.17) is 10.9 Å². The minimum Gasteiger partial charge on any atom is -0.409 e. The van der Waals surface area contributed by atoms with Crippen LogP contribution in [0.3, 0.4) is 0 Å². The molecule has 1 amide bonds. The molecule has 0 fully saturated rings. The fourth-order valence-corrected chi connectivity index (χ4v) is 1.71. The summed E-state index contributed by atoms with van der Waals surface area (Å²) < 4.78 is 1.67. The lowest BCUT2D eigenvalue weighted by Gasteiger charge is -2.05. The van der Waals surface area contributed by atoms with Crippen LogP contribution < -0.4 is 11.1 Å². The third kappa shape index (κ3) is 3.14. The van der Waals surface area contributed by atoms with E-state index in [0.717, 1.165) is 5.69 Å². The molecule has 0 radical (unpaired) electrons. The maximum absolute atomic E-state index is 12.0. The third-order valence-electron chi connectivity index (χ3n) is 2.73. The average Bonchev–Trinajstić information content (AvgIpc) is 2.89. The van der Waals surface area contributed by atoms with Crippen molar-refractivity contribution in [1.29, 1.82) is 0 Å². The summed E-state index contributed by atoms with van der Waals surface area (Å²) in [6.07, 6.45) is 1.81. The molecule has 0 spiro atoms. The smallest absolute Gasteiger partial charge is 0.251 e. The molecule has 0 unspecified atom stereocenters. The summed E-state index contributed by atoms with van der Waals surface area (Å²) in [4.78, 5) is 12.0. The Hall–Kier alpha value is -2.83. The number of oxime groups is 1. The van der Waals surface area contributed by atoms with Gasteiger partial charge in [0.25, 0.3) is 5.91 Å². The molecule has 2 rings (SSSR count). The first-order chi connectivity index (χ1) is 9.60. The molecule has 7 nitrogen and oxygen atoms in total. The fourth-order valence-electron chi connectivity index (χ4n) is 1.71. The summed E-state index contributed by atoms with van der Waals surface area (Å²) in [5, 5.41) is 18.4. The number of hydrogen-bond donors (Lipinski definition) is 3. The topological polar surface area (TPSA) is 106 Å². The minimum atomic E-state index is -0.247. The summed E-state index contributed by atoms with van der Waals surface area (Å²) in [7, 11) is 1.81. The van der Waals surface area contributed by atoms with Gasteiger partial charge in [-0.15, -0.1) is 0 Å². The van der Waals surface area contributed by atoms with Crippen molar-refractivity contribution in [2.24, 2.45) is 17.9 Å². The summed E-state index contributed by atoms with van der Waals surface area (Å²) >= 11 is 0. The van der Waals surface area contributed by atoms with Crippen molar-refractivity contribution in [1.82, 2.24) is 15.1 Å². The fraction of sp³-hybridized carbons (Fsp3) is 0.154. The van der Waals surface area contributed by atoms with Gasteiger partial charge in [-0.3, -0.25) is 9.48 Å². The zero-order chi connectivity index (χ0) is 14.5. The number of nitrogens with two attached hydrogens (primary N) is 1. The van der Waals surface area contributed by atoms with Gasteiger partial charge in [0.1, 0.15) is 0 Å². The van der Waals surface area contributed by atoms with Crippen LogP contribution in [0.1, 0.15) is 21.6 Å². The molecular weight excluding hydrogens is 258 g/mol. The molecule has 0 saturated heterocycles. The van der Waals surface area contributed by atoms with Crippen molar-refractivity contribution >= 4 is 11.7 Å². The molecule has 0 atom stereocenters. The van der Waals surface area contributed by atoms with Crippen LogP contribution >= 0.6 is 0 Å². The van der Waals surface area contributed by atoms with Crippen molar-refractivity contribution in [3.8, 4) is 0 Å². The number of benzene rings is 1. The van der Waals surface area contributed by atoms with Crippen LogP contribution in [0.25, 0.3) is 0 Å². The summed E-state index contributed by atoms with van der Waals surface area (Å²) in [6.45, 7) is 0.341. The highest BCUT2D eigenvalue weighted by Gasteiger charge is 2.08. The molecule has 2 aromatic rings. The van der Waals surface area contributed by atoms with Gasteiger partial charge in [-0.05, 0) is 18.2 Å². The van der Waals surface area contributed by atoms with E-state index in [2.05, 4.69) is 15.6 Å². The first-order valence-electron chi connectivity index (χ1n) is 5.95. The minimum absolute atomic E-state index is 0.0376. The molecule has 7 heteroatoms. The van der Waals surface area contributed by atoms with Crippen LogP contribution in [0.2, 0.25) is 0 Å². The SMILES string of the molecule is Cn1ccc(CNC(=O)c2cccc(/C(N)=N/O)c2)n1. The third-order valence-corrected chi connectivity index (χ3v) is 2.73. The number of nitrogens with one attached hydrogen (secondary N) is 1. The number of amidine groups is 1. The maximum Gasteiger partial charge on any atom is 0.251 e. The Balaban J connectivity index is 2.05. The zero-order valence-electron chi connectivity index (χ0n) is 10.9. The van der Waals surface area contributed by atoms with Gasteiger partial charge >= 0.3 is 0 Å². The second-order valence-electron chi connectivity index (χ2n) is 4.23. The van der Waals surface area contributed by atoms with Crippen molar-refractivity contribution in [3.05, 3.63) is 53.3 Å². The normalized spacial score (nSPS) is 11.3.